The Morgan fingerprint density at radius 3 is 1.31 bits per heavy atom. The molecule has 0 aliphatic heterocycles. The quantitative estimate of drug-likeness (QED) is 0.129. The molecule has 10 rings (SSSR count). The van der Waals surface area contributed by atoms with Crippen molar-refractivity contribution in [1.82, 2.24) is 9.97 Å². The van der Waals surface area contributed by atoms with Gasteiger partial charge in [0.05, 0.1) is 11.4 Å². The van der Waals surface area contributed by atoms with Crippen molar-refractivity contribution >= 4 is 32.3 Å². The molecule has 0 saturated carbocycles. The molecule has 54 heavy (non-hydrogen) atoms. The van der Waals surface area contributed by atoms with E-state index in [1.54, 1.807) is 0 Å². The molecule has 0 aliphatic rings. The minimum absolute atomic E-state index is 0.704. The molecule has 0 amide bonds. The third-order valence-corrected chi connectivity index (χ3v) is 10.5. The Balaban J connectivity index is 1.000. The van der Waals surface area contributed by atoms with Gasteiger partial charge in [-0.25, -0.2) is 9.97 Å². The van der Waals surface area contributed by atoms with Gasteiger partial charge in [-0.1, -0.05) is 194 Å². The van der Waals surface area contributed by atoms with Gasteiger partial charge >= 0.3 is 0 Å². The maximum atomic E-state index is 5.11. The standard InChI is InChI=1S/C52H34N2/c1-3-11-35(12-4-1)36-19-25-41(26-20-36)50-34-49(40-14-5-2-6-15-40)53-52(54-50)43-29-23-38(24-30-43)37-21-27-42(28-22-37)51-46-18-10-8-16-44(46)33-48-45-17-9-7-13-39(45)31-32-47(48)51/h1-34H. The normalized spacial score (nSPS) is 11.3. The zero-order valence-corrected chi connectivity index (χ0v) is 29.5. The molecule has 0 saturated heterocycles. The van der Waals surface area contributed by atoms with E-state index in [-0.39, 0.29) is 0 Å². The van der Waals surface area contributed by atoms with E-state index in [1.165, 1.54) is 60.1 Å². The summed E-state index contributed by atoms with van der Waals surface area (Å²) in [5.74, 6) is 0.704. The molecule has 0 aliphatic carbocycles. The third-order valence-electron chi connectivity index (χ3n) is 10.5. The van der Waals surface area contributed by atoms with Gasteiger partial charge in [0.25, 0.3) is 0 Å². The fourth-order valence-corrected chi connectivity index (χ4v) is 7.72. The van der Waals surface area contributed by atoms with Crippen LogP contribution >= 0.6 is 0 Å². The molecule has 0 spiro atoms. The SMILES string of the molecule is c1ccc(-c2ccc(-c3cc(-c4ccccc4)nc(-c4ccc(-c5ccc(-c6c7ccccc7cc7c6ccc6ccccc67)cc5)cc4)n3)cc2)cc1. The molecule has 0 radical (unpaired) electrons. The van der Waals surface area contributed by atoms with Gasteiger partial charge in [0.2, 0.25) is 0 Å². The van der Waals surface area contributed by atoms with Crippen LogP contribution in [0.1, 0.15) is 0 Å². The van der Waals surface area contributed by atoms with Crippen molar-refractivity contribution in [2.24, 2.45) is 0 Å². The third kappa shape index (κ3) is 5.81. The Hall–Kier alpha value is -7.16. The van der Waals surface area contributed by atoms with E-state index in [4.69, 9.17) is 9.97 Å². The monoisotopic (exact) mass is 686 g/mol. The fourth-order valence-electron chi connectivity index (χ4n) is 7.72. The molecule has 0 fully saturated rings. The summed E-state index contributed by atoms with van der Waals surface area (Å²) in [6.45, 7) is 0. The average Bonchev–Trinajstić information content (AvgIpc) is 3.26. The lowest BCUT2D eigenvalue weighted by Gasteiger charge is -2.14. The van der Waals surface area contributed by atoms with E-state index in [0.29, 0.717) is 5.82 Å². The predicted molar refractivity (Wildman–Crippen MR) is 227 cm³/mol. The number of benzene rings is 9. The second-order valence-corrected chi connectivity index (χ2v) is 13.8. The molecule has 2 heteroatoms. The molecule has 0 bridgehead atoms. The van der Waals surface area contributed by atoms with Crippen LogP contribution in [0.15, 0.2) is 206 Å². The zero-order chi connectivity index (χ0) is 35.8. The van der Waals surface area contributed by atoms with Gasteiger partial charge < -0.3 is 0 Å². The van der Waals surface area contributed by atoms with Crippen LogP contribution < -0.4 is 0 Å². The van der Waals surface area contributed by atoms with E-state index in [0.717, 1.165) is 33.6 Å². The molecule has 2 nitrogen and oxygen atoms in total. The van der Waals surface area contributed by atoms with Crippen LogP contribution in [0.4, 0.5) is 0 Å². The number of hydrogen-bond acceptors (Lipinski definition) is 2. The molecule has 0 atom stereocenters. The van der Waals surface area contributed by atoms with E-state index < -0.39 is 0 Å². The van der Waals surface area contributed by atoms with Crippen molar-refractivity contribution < 1.29 is 0 Å². The summed E-state index contributed by atoms with van der Waals surface area (Å²) in [6, 6.07) is 73.4. The van der Waals surface area contributed by atoms with Gasteiger partial charge in [0.15, 0.2) is 5.82 Å². The molecular weight excluding hydrogens is 653 g/mol. The molecule has 1 heterocycles. The smallest absolute Gasteiger partial charge is 0.160 e. The van der Waals surface area contributed by atoms with Crippen molar-refractivity contribution in [3.05, 3.63) is 206 Å². The lowest BCUT2D eigenvalue weighted by atomic mass is 9.89. The summed E-state index contributed by atoms with van der Waals surface area (Å²) in [7, 11) is 0. The summed E-state index contributed by atoms with van der Waals surface area (Å²) in [4.78, 5) is 10.2. The summed E-state index contributed by atoms with van der Waals surface area (Å²) in [6.07, 6.45) is 0. The Labute approximate surface area is 314 Å². The number of aromatic nitrogens is 2. The first-order valence-electron chi connectivity index (χ1n) is 18.4. The minimum atomic E-state index is 0.704. The van der Waals surface area contributed by atoms with Gasteiger partial charge in [-0.15, -0.1) is 0 Å². The highest BCUT2D eigenvalue weighted by Gasteiger charge is 2.14. The topological polar surface area (TPSA) is 25.8 Å². The maximum Gasteiger partial charge on any atom is 0.160 e. The summed E-state index contributed by atoms with van der Waals surface area (Å²) >= 11 is 0. The van der Waals surface area contributed by atoms with Crippen LogP contribution in [-0.2, 0) is 0 Å². The van der Waals surface area contributed by atoms with Crippen LogP contribution in [-0.4, -0.2) is 9.97 Å². The second-order valence-electron chi connectivity index (χ2n) is 13.8. The van der Waals surface area contributed by atoms with E-state index in [2.05, 4.69) is 194 Å². The number of rotatable bonds is 6. The Morgan fingerprint density at radius 2 is 0.685 bits per heavy atom. The first-order chi connectivity index (χ1) is 26.7. The van der Waals surface area contributed by atoms with Crippen molar-refractivity contribution in [2.45, 2.75) is 0 Å². The summed E-state index contributed by atoms with van der Waals surface area (Å²) in [5.41, 5.74) is 12.1. The Morgan fingerprint density at radius 1 is 0.241 bits per heavy atom. The van der Waals surface area contributed by atoms with Crippen molar-refractivity contribution in [1.29, 1.82) is 0 Å². The highest BCUT2D eigenvalue weighted by molar-refractivity contribution is 6.20. The van der Waals surface area contributed by atoms with Gasteiger partial charge in [0.1, 0.15) is 0 Å². The average molecular weight is 687 g/mol. The summed E-state index contributed by atoms with van der Waals surface area (Å²) < 4.78 is 0. The van der Waals surface area contributed by atoms with Crippen LogP contribution in [0.3, 0.4) is 0 Å². The van der Waals surface area contributed by atoms with Gasteiger partial charge in [-0.3, -0.25) is 0 Å². The highest BCUT2D eigenvalue weighted by Crippen LogP contribution is 2.40. The number of hydrogen-bond donors (Lipinski definition) is 0. The number of fused-ring (bicyclic) bond motifs is 4. The lowest BCUT2D eigenvalue weighted by Crippen LogP contribution is -1.96. The predicted octanol–water partition coefficient (Wildman–Crippen LogP) is 13.9. The molecule has 252 valence electrons. The van der Waals surface area contributed by atoms with Crippen LogP contribution in [0.25, 0.3) is 99.6 Å². The van der Waals surface area contributed by atoms with E-state index in [1.807, 2.05) is 12.1 Å². The van der Waals surface area contributed by atoms with Crippen LogP contribution in [0.5, 0.6) is 0 Å². The zero-order valence-electron chi connectivity index (χ0n) is 29.5. The largest absolute Gasteiger partial charge is 0.228 e. The van der Waals surface area contributed by atoms with Crippen molar-refractivity contribution in [2.75, 3.05) is 0 Å². The molecule has 0 N–H and O–H groups in total. The molecule has 0 unspecified atom stereocenters. The highest BCUT2D eigenvalue weighted by atomic mass is 14.9. The van der Waals surface area contributed by atoms with Crippen LogP contribution in [0.2, 0.25) is 0 Å². The summed E-state index contributed by atoms with van der Waals surface area (Å²) in [5, 5.41) is 7.62. The molecule has 10 aromatic rings. The molecular formula is C52H34N2. The van der Waals surface area contributed by atoms with Gasteiger partial charge in [-0.05, 0) is 77.8 Å². The Bertz CT molecular complexity index is 2930. The van der Waals surface area contributed by atoms with Crippen molar-refractivity contribution in [3.63, 3.8) is 0 Å². The lowest BCUT2D eigenvalue weighted by molar-refractivity contribution is 1.18. The Kier molecular flexibility index (Phi) is 7.85. The van der Waals surface area contributed by atoms with Crippen molar-refractivity contribution in [3.8, 4) is 67.3 Å². The maximum absolute atomic E-state index is 5.11. The van der Waals surface area contributed by atoms with Gasteiger partial charge in [-0.2, -0.15) is 0 Å². The van der Waals surface area contributed by atoms with Crippen LogP contribution in [0, 0.1) is 0 Å². The molecule has 9 aromatic carbocycles. The molecule has 1 aromatic heterocycles. The van der Waals surface area contributed by atoms with Gasteiger partial charge in [0, 0.05) is 16.7 Å². The van der Waals surface area contributed by atoms with E-state index >= 15 is 0 Å². The fraction of sp³-hybridized carbons (Fsp3) is 0. The second kappa shape index (κ2) is 13.4. The first kappa shape index (κ1) is 31.6. The van der Waals surface area contributed by atoms with E-state index in [9.17, 15) is 0 Å². The number of nitrogens with zero attached hydrogens (tertiary/aromatic N) is 2. The minimum Gasteiger partial charge on any atom is -0.228 e. The first-order valence-corrected chi connectivity index (χ1v) is 18.4.